The van der Waals surface area contributed by atoms with Gasteiger partial charge in [-0.1, -0.05) is 6.08 Å². The third kappa shape index (κ3) is 5.28. The van der Waals surface area contributed by atoms with E-state index in [0.29, 0.717) is 38.1 Å². The maximum atomic E-state index is 13.7. The summed E-state index contributed by atoms with van der Waals surface area (Å²) in [5.74, 6) is -1.29. The summed E-state index contributed by atoms with van der Waals surface area (Å²) in [5.41, 5.74) is 0.583. The number of rotatable bonds is 9. The molecule has 2 fully saturated rings. The molecule has 35 heavy (non-hydrogen) atoms. The number of carboxylic acid groups (broad SMARTS) is 1. The number of aliphatic carboxylic acids is 1. The number of anilines is 1. The van der Waals surface area contributed by atoms with Gasteiger partial charge in [0.25, 0.3) is 5.91 Å². The lowest BCUT2D eigenvalue weighted by atomic mass is 10.1. The van der Waals surface area contributed by atoms with E-state index in [9.17, 15) is 14.4 Å². The molecule has 0 spiro atoms. The van der Waals surface area contributed by atoms with Gasteiger partial charge in [0, 0.05) is 25.6 Å². The summed E-state index contributed by atoms with van der Waals surface area (Å²) in [6, 6.07) is 2.67. The van der Waals surface area contributed by atoms with Crippen LogP contribution >= 0.6 is 0 Å². The number of nitrogens with zero attached hydrogens (tertiary/aromatic N) is 2. The van der Waals surface area contributed by atoms with Crippen molar-refractivity contribution in [2.45, 2.75) is 63.5 Å². The molecule has 4 rings (SSSR count). The van der Waals surface area contributed by atoms with Crippen molar-refractivity contribution in [1.29, 1.82) is 0 Å². The molecular weight excluding hydrogens is 456 g/mol. The van der Waals surface area contributed by atoms with Gasteiger partial charge < -0.3 is 29.0 Å². The quantitative estimate of drug-likeness (QED) is 0.528. The molecule has 1 N–H and O–H groups in total. The van der Waals surface area contributed by atoms with Gasteiger partial charge in [0.2, 0.25) is 5.91 Å². The third-order valence-electron chi connectivity index (χ3n) is 6.53. The van der Waals surface area contributed by atoms with Gasteiger partial charge in [0.15, 0.2) is 30.6 Å². The zero-order valence-electron chi connectivity index (χ0n) is 19.9. The highest BCUT2D eigenvalue weighted by Gasteiger charge is 2.47. The number of ether oxygens (including phenoxy) is 4. The smallest absolute Gasteiger partial charge is 0.341 e. The van der Waals surface area contributed by atoms with Crippen LogP contribution in [0, 0.1) is 0 Å². The average molecular weight is 489 g/mol. The minimum atomic E-state index is -1.16. The number of hydrogen-bond donors (Lipinski definition) is 1. The van der Waals surface area contributed by atoms with Crippen LogP contribution in [0.2, 0.25) is 0 Å². The van der Waals surface area contributed by atoms with Gasteiger partial charge in [-0.15, -0.1) is 6.58 Å². The van der Waals surface area contributed by atoms with Crippen LogP contribution < -0.4 is 14.4 Å². The van der Waals surface area contributed by atoms with Crippen LogP contribution in [0.25, 0.3) is 0 Å². The lowest BCUT2D eigenvalue weighted by molar-refractivity contribution is -0.197. The zero-order chi connectivity index (χ0) is 24.9. The first-order valence-electron chi connectivity index (χ1n) is 12.0. The number of carbonyl (C=O) groups is 3. The van der Waals surface area contributed by atoms with E-state index in [1.54, 1.807) is 11.0 Å². The van der Waals surface area contributed by atoms with Gasteiger partial charge in [0.05, 0.1) is 24.4 Å². The number of fused-ring (bicyclic) bond motifs is 2. The Kier molecular flexibility index (Phi) is 7.92. The first-order valence-corrected chi connectivity index (χ1v) is 12.0. The highest BCUT2D eigenvalue weighted by molar-refractivity contribution is 6.07. The highest BCUT2D eigenvalue weighted by atomic mass is 16.7. The third-order valence-corrected chi connectivity index (χ3v) is 6.53. The number of amides is 2. The maximum absolute atomic E-state index is 13.7. The van der Waals surface area contributed by atoms with Crippen molar-refractivity contribution < 1.29 is 38.4 Å². The van der Waals surface area contributed by atoms with Gasteiger partial charge >= 0.3 is 5.97 Å². The summed E-state index contributed by atoms with van der Waals surface area (Å²) >= 11 is 0. The Morgan fingerprint density at radius 1 is 1.23 bits per heavy atom. The van der Waals surface area contributed by atoms with Crippen LogP contribution in [0.1, 0.15) is 55.3 Å². The molecule has 0 saturated carbocycles. The lowest BCUT2D eigenvalue weighted by Gasteiger charge is -2.38. The van der Waals surface area contributed by atoms with Gasteiger partial charge in [0.1, 0.15) is 0 Å². The molecule has 0 aliphatic carbocycles. The summed E-state index contributed by atoms with van der Waals surface area (Å²) in [6.45, 7) is 4.24. The summed E-state index contributed by atoms with van der Waals surface area (Å²) in [6.07, 6.45) is 5.14. The van der Waals surface area contributed by atoms with E-state index in [4.69, 9.17) is 24.1 Å². The molecule has 2 amide bonds. The molecule has 2 saturated heterocycles. The topological polar surface area (TPSA) is 115 Å². The maximum Gasteiger partial charge on any atom is 0.341 e. The van der Waals surface area contributed by atoms with Gasteiger partial charge in [-0.25, -0.2) is 4.79 Å². The molecule has 3 aliphatic rings. The SMILES string of the molecule is C=CCCC(=O)N1c2cc(OCC(=O)O)c(OC)cc2C(=O)N2CCC[C@H]2C1OC1CCCCO1. The fourth-order valence-corrected chi connectivity index (χ4v) is 4.88. The fourth-order valence-electron chi connectivity index (χ4n) is 4.88. The summed E-state index contributed by atoms with van der Waals surface area (Å²) in [7, 11) is 1.41. The Labute approximate surface area is 204 Å². The zero-order valence-corrected chi connectivity index (χ0v) is 19.9. The minimum Gasteiger partial charge on any atom is -0.493 e. The predicted octanol–water partition coefficient (Wildman–Crippen LogP) is 2.95. The summed E-state index contributed by atoms with van der Waals surface area (Å²) in [5, 5.41) is 9.10. The molecule has 3 aliphatic heterocycles. The molecule has 10 heteroatoms. The molecule has 2 unspecified atom stereocenters. The van der Waals surface area contributed by atoms with Crippen LogP contribution in [-0.4, -0.2) is 73.2 Å². The van der Waals surface area contributed by atoms with Crippen molar-refractivity contribution in [2.24, 2.45) is 0 Å². The number of methoxy groups -OCH3 is 1. The Hall–Kier alpha value is -3.11. The van der Waals surface area contributed by atoms with Gasteiger partial charge in [-0.05, 0) is 44.6 Å². The molecule has 0 bridgehead atoms. The summed E-state index contributed by atoms with van der Waals surface area (Å²) < 4.78 is 23.1. The van der Waals surface area contributed by atoms with Crippen molar-refractivity contribution in [3.05, 3.63) is 30.4 Å². The Morgan fingerprint density at radius 2 is 2.06 bits per heavy atom. The van der Waals surface area contributed by atoms with Crippen LogP contribution in [0.4, 0.5) is 5.69 Å². The van der Waals surface area contributed by atoms with Crippen LogP contribution in [0.3, 0.4) is 0 Å². The summed E-state index contributed by atoms with van der Waals surface area (Å²) in [4.78, 5) is 41.7. The van der Waals surface area contributed by atoms with Crippen LogP contribution in [0.15, 0.2) is 24.8 Å². The normalized spacial score (nSPS) is 23.8. The van der Waals surface area contributed by atoms with E-state index >= 15 is 0 Å². The van der Waals surface area contributed by atoms with Crippen molar-refractivity contribution in [3.63, 3.8) is 0 Å². The molecule has 3 atom stereocenters. The molecule has 190 valence electrons. The monoisotopic (exact) mass is 488 g/mol. The molecule has 3 heterocycles. The van der Waals surface area contributed by atoms with E-state index in [-0.39, 0.29) is 41.3 Å². The van der Waals surface area contributed by atoms with Crippen molar-refractivity contribution >= 4 is 23.5 Å². The molecule has 0 aromatic heterocycles. The van der Waals surface area contributed by atoms with E-state index in [1.807, 2.05) is 0 Å². The average Bonchev–Trinajstić information content (AvgIpc) is 3.32. The highest BCUT2D eigenvalue weighted by Crippen LogP contribution is 2.42. The second-order valence-corrected chi connectivity index (χ2v) is 8.82. The molecule has 10 nitrogen and oxygen atoms in total. The second-order valence-electron chi connectivity index (χ2n) is 8.82. The van der Waals surface area contributed by atoms with E-state index in [2.05, 4.69) is 6.58 Å². The second kappa shape index (κ2) is 11.1. The van der Waals surface area contributed by atoms with E-state index in [0.717, 1.165) is 19.3 Å². The Bertz CT molecular complexity index is 974. The van der Waals surface area contributed by atoms with Gasteiger partial charge in [-0.2, -0.15) is 0 Å². The first-order chi connectivity index (χ1) is 16.9. The number of benzene rings is 1. The predicted molar refractivity (Wildman–Crippen MR) is 126 cm³/mol. The van der Waals surface area contributed by atoms with Crippen LogP contribution in [-0.2, 0) is 19.1 Å². The van der Waals surface area contributed by atoms with Crippen molar-refractivity contribution in [2.75, 3.05) is 31.8 Å². The molecule has 1 aromatic carbocycles. The molecule has 1 aromatic rings. The number of carboxylic acids is 1. The minimum absolute atomic E-state index is 0.123. The standard InChI is InChI=1S/C25H32N2O8/c1-3-4-9-21(28)27-18-14-20(34-15-22(29)30)19(32-2)13-16(18)24(31)26-11-7-8-17(26)25(27)35-23-10-5-6-12-33-23/h3,13-14,17,23,25H,1,4-12,15H2,2H3,(H,29,30)/t17-,23?,25?/m0/s1. The molecule has 0 radical (unpaired) electrons. The number of carbonyl (C=O) groups excluding carboxylic acids is 2. The van der Waals surface area contributed by atoms with Crippen molar-refractivity contribution in [3.8, 4) is 11.5 Å². The first kappa shape index (κ1) is 25.0. The van der Waals surface area contributed by atoms with Crippen LogP contribution in [0.5, 0.6) is 11.5 Å². The van der Waals surface area contributed by atoms with E-state index < -0.39 is 25.1 Å². The van der Waals surface area contributed by atoms with Crippen molar-refractivity contribution in [1.82, 2.24) is 4.90 Å². The number of hydrogen-bond acceptors (Lipinski definition) is 7. The fraction of sp³-hybridized carbons (Fsp3) is 0.560. The van der Waals surface area contributed by atoms with Gasteiger partial charge in [-0.3, -0.25) is 14.5 Å². The largest absolute Gasteiger partial charge is 0.493 e. The van der Waals surface area contributed by atoms with E-state index in [1.165, 1.54) is 24.1 Å². The molecular formula is C25H32N2O8. The lowest BCUT2D eigenvalue weighted by Crippen LogP contribution is -2.54. The Balaban J connectivity index is 1.83. The number of allylic oxidation sites excluding steroid dienone is 1. The Morgan fingerprint density at radius 3 is 2.74 bits per heavy atom.